The minimum atomic E-state index is -0.00931. The number of nitrogens with two attached hydrogens (primary N) is 1. The van der Waals surface area contributed by atoms with E-state index in [4.69, 9.17) is 5.73 Å². The molecule has 1 amide bonds. The average molecular weight is 286 g/mol. The second-order valence-corrected chi connectivity index (χ2v) is 5.96. The van der Waals surface area contributed by atoms with Crippen LogP contribution in [0.3, 0.4) is 0 Å². The van der Waals surface area contributed by atoms with Gasteiger partial charge in [-0.3, -0.25) is 4.79 Å². The number of hydrogen-bond donors (Lipinski definition) is 3. The summed E-state index contributed by atoms with van der Waals surface area (Å²) in [5.74, 6) is 0.580. The van der Waals surface area contributed by atoms with Crippen molar-refractivity contribution in [2.45, 2.75) is 12.8 Å². The van der Waals surface area contributed by atoms with E-state index in [0.717, 1.165) is 43.4 Å². The van der Waals surface area contributed by atoms with E-state index in [1.807, 2.05) is 18.2 Å². The molecule has 21 heavy (non-hydrogen) atoms. The largest absolute Gasteiger partial charge is 0.399 e. The third kappa shape index (κ3) is 3.03. The zero-order valence-corrected chi connectivity index (χ0v) is 12.4. The number of likely N-dealkylation sites (tertiary alicyclic amines) is 1. The topological polar surface area (TPSA) is 74.2 Å². The Hall–Kier alpha value is -2.01. The second-order valence-electron chi connectivity index (χ2n) is 5.96. The zero-order chi connectivity index (χ0) is 14.8. The van der Waals surface area contributed by atoms with Crippen LogP contribution >= 0.6 is 0 Å². The van der Waals surface area contributed by atoms with E-state index in [1.165, 1.54) is 0 Å². The highest BCUT2D eigenvalue weighted by Gasteiger charge is 2.18. The van der Waals surface area contributed by atoms with Crippen molar-refractivity contribution >= 4 is 22.5 Å². The van der Waals surface area contributed by atoms with Gasteiger partial charge in [-0.15, -0.1) is 0 Å². The monoisotopic (exact) mass is 286 g/mol. The SMILES string of the molecule is CN1CCC(CNC(=O)c2c[nH]c3cc(N)ccc23)CC1. The summed E-state index contributed by atoms with van der Waals surface area (Å²) in [6.45, 7) is 2.99. The van der Waals surface area contributed by atoms with Crippen molar-refractivity contribution in [2.24, 2.45) is 5.92 Å². The molecule has 1 aromatic heterocycles. The molecule has 0 unspecified atom stereocenters. The van der Waals surface area contributed by atoms with Gasteiger partial charge in [-0.25, -0.2) is 0 Å². The molecule has 3 rings (SSSR count). The van der Waals surface area contributed by atoms with Gasteiger partial charge in [0, 0.05) is 29.3 Å². The molecule has 0 saturated carbocycles. The van der Waals surface area contributed by atoms with Gasteiger partial charge in [-0.1, -0.05) is 0 Å². The number of H-pyrrole nitrogens is 1. The molecule has 5 heteroatoms. The fraction of sp³-hybridized carbons (Fsp3) is 0.438. The predicted molar refractivity (Wildman–Crippen MR) is 85.3 cm³/mol. The number of carbonyl (C=O) groups is 1. The van der Waals surface area contributed by atoms with E-state index >= 15 is 0 Å². The molecular weight excluding hydrogens is 264 g/mol. The fourth-order valence-electron chi connectivity index (χ4n) is 2.93. The highest BCUT2D eigenvalue weighted by molar-refractivity contribution is 6.07. The first-order chi connectivity index (χ1) is 10.1. The van der Waals surface area contributed by atoms with E-state index in [2.05, 4.69) is 22.2 Å². The molecule has 0 atom stereocenters. The third-order valence-corrected chi connectivity index (χ3v) is 4.34. The molecule has 5 nitrogen and oxygen atoms in total. The number of hydrogen-bond acceptors (Lipinski definition) is 3. The maximum absolute atomic E-state index is 12.3. The summed E-state index contributed by atoms with van der Waals surface area (Å²) in [6.07, 6.45) is 4.07. The van der Waals surface area contributed by atoms with Gasteiger partial charge in [0.05, 0.1) is 5.56 Å². The highest BCUT2D eigenvalue weighted by atomic mass is 16.1. The number of piperidine rings is 1. The Morgan fingerprint density at radius 2 is 2.19 bits per heavy atom. The van der Waals surface area contributed by atoms with Gasteiger partial charge < -0.3 is 20.9 Å². The maximum Gasteiger partial charge on any atom is 0.253 e. The number of aromatic amines is 1. The number of nitrogens with one attached hydrogen (secondary N) is 2. The molecule has 1 aliphatic heterocycles. The third-order valence-electron chi connectivity index (χ3n) is 4.34. The Kier molecular flexibility index (Phi) is 3.84. The average Bonchev–Trinajstić information content (AvgIpc) is 2.89. The standard InChI is InChI=1S/C16H22N4O/c1-20-6-4-11(5-7-20)9-19-16(21)14-10-18-15-8-12(17)2-3-13(14)15/h2-3,8,10-11,18H,4-7,9,17H2,1H3,(H,19,21). The van der Waals surface area contributed by atoms with Crippen LogP contribution in [-0.4, -0.2) is 42.5 Å². The van der Waals surface area contributed by atoms with Crippen molar-refractivity contribution in [3.63, 3.8) is 0 Å². The Labute approximate surface area is 124 Å². The molecule has 0 radical (unpaired) electrons. The summed E-state index contributed by atoms with van der Waals surface area (Å²) in [5, 5.41) is 3.99. The van der Waals surface area contributed by atoms with E-state index in [9.17, 15) is 4.79 Å². The molecule has 1 fully saturated rings. The van der Waals surface area contributed by atoms with Crippen LogP contribution in [-0.2, 0) is 0 Å². The number of aromatic nitrogens is 1. The molecule has 1 aromatic carbocycles. The molecular formula is C16H22N4O. The van der Waals surface area contributed by atoms with Crippen LogP contribution in [0, 0.1) is 5.92 Å². The lowest BCUT2D eigenvalue weighted by Crippen LogP contribution is -2.36. The zero-order valence-electron chi connectivity index (χ0n) is 12.4. The van der Waals surface area contributed by atoms with E-state index < -0.39 is 0 Å². The van der Waals surface area contributed by atoms with Gasteiger partial charge in [0.2, 0.25) is 0 Å². The van der Waals surface area contributed by atoms with Crippen molar-refractivity contribution in [1.82, 2.24) is 15.2 Å². The second kappa shape index (κ2) is 5.77. The number of carbonyl (C=O) groups excluding carboxylic acids is 1. The molecule has 0 bridgehead atoms. The quantitative estimate of drug-likeness (QED) is 0.754. The van der Waals surface area contributed by atoms with Gasteiger partial charge in [-0.2, -0.15) is 0 Å². The fourth-order valence-corrected chi connectivity index (χ4v) is 2.93. The summed E-state index contributed by atoms with van der Waals surface area (Å²) in [5.41, 5.74) is 8.04. The molecule has 0 aliphatic carbocycles. The minimum Gasteiger partial charge on any atom is -0.399 e. The smallest absolute Gasteiger partial charge is 0.253 e. The molecule has 1 saturated heterocycles. The molecule has 1 aliphatic rings. The van der Waals surface area contributed by atoms with E-state index in [0.29, 0.717) is 17.2 Å². The number of benzene rings is 1. The normalized spacial score (nSPS) is 17.2. The van der Waals surface area contributed by atoms with Gasteiger partial charge in [0.1, 0.15) is 0 Å². The van der Waals surface area contributed by atoms with Crippen LogP contribution in [0.25, 0.3) is 10.9 Å². The van der Waals surface area contributed by atoms with Crippen LogP contribution in [0.2, 0.25) is 0 Å². The first-order valence-electron chi connectivity index (χ1n) is 7.47. The lowest BCUT2D eigenvalue weighted by Gasteiger charge is -2.28. The number of fused-ring (bicyclic) bond motifs is 1. The number of rotatable bonds is 3. The van der Waals surface area contributed by atoms with Gasteiger partial charge >= 0.3 is 0 Å². The van der Waals surface area contributed by atoms with Crippen molar-refractivity contribution in [2.75, 3.05) is 32.4 Å². The lowest BCUT2D eigenvalue weighted by molar-refractivity contribution is 0.0940. The van der Waals surface area contributed by atoms with Crippen LogP contribution in [0.5, 0.6) is 0 Å². The summed E-state index contributed by atoms with van der Waals surface area (Å²) in [4.78, 5) is 17.8. The Bertz CT molecular complexity index is 641. The number of anilines is 1. The number of nitrogen functional groups attached to an aromatic ring is 1. The summed E-state index contributed by atoms with van der Waals surface area (Å²) in [6, 6.07) is 5.57. The van der Waals surface area contributed by atoms with E-state index in [-0.39, 0.29) is 5.91 Å². The first kappa shape index (κ1) is 13.9. The molecule has 0 spiro atoms. The molecule has 2 aromatic rings. The summed E-state index contributed by atoms with van der Waals surface area (Å²) in [7, 11) is 2.15. The van der Waals surface area contributed by atoms with Crippen LogP contribution in [0.4, 0.5) is 5.69 Å². The van der Waals surface area contributed by atoms with Gasteiger partial charge in [-0.05, 0) is 57.1 Å². The van der Waals surface area contributed by atoms with E-state index in [1.54, 1.807) is 6.20 Å². The summed E-state index contributed by atoms with van der Waals surface area (Å²) < 4.78 is 0. The molecule has 2 heterocycles. The number of nitrogens with zero attached hydrogens (tertiary/aromatic N) is 1. The predicted octanol–water partition coefficient (Wildman–Crippen LogP) is 1.82. The molecule has 4 N–H and O–H groups in total. The van der Waals surface area contributed by atoms with Gasteiger partial charge in [0.25, 0.3) is 5.91 Å². The summed E-state index contributed by atoms with van der Waals surface area (Å²) >= 11 is 0. The van der Waals surface area contributed by atoms with Crippen LogP contribution < -0.4 is 11.1 Å². The van der Waals surface area contributed by atoms with Crippen molar-refractivity contribution < 1.29 is 4.79 Å². The minimum absolute atomic E-state index is 0.00931. The first-order valence-corrected chi connectivity index (χ1v) is 7.47. The van der Waals surface area contributed by atoms with Crippen LogP contribution in [0.15, 0.2) is 24.4 Å². The molecule has 112 valence electrons. The number of amides is 1. The van der Waals surface area contributed by atoms with Crippen molar-refractivity contribution in [3.8, 4) is 0 Å². The van der Waals surface area contributed by atoms with Crippen molar-refractivity contribution in [1.29, 1.82) is 0 Å². The van der Waals surface area contributed by atoms with Gasteiger partial charge in [0.15, 0.2) is 0 Å². The Morgan fingerprint density at radius 1 is 1.43 bits per heavy atom. The van der Waals surface area contributed by atoms with Crippen LogP contribution in [0.1, 0.15) is 23.2 Å². The van der Waals surface area contributed by atoms with Crippen molar-refractivity contribution in [3.05, 3.63) is 30.0 Å². The Balaban J connectivity index is 1.64. The maximum atomic E-state index is 12.3. The lowest BCUT2D eigenvalue weighted by atomic mass is 9.97. The highest BCUT2D eigenvalue weighted by Crippen LogP contribution is 2.21. The Morgan fingerprint density at radius 3 is 2.95 bits per heavy atom.